The van der Waals surface area contributed by atoms with Crippen molar-refractivity contribution in [1.29, 1.82) is 0 Å². The molecule has 1 aliphatic heterocycles. The Labute approximate surface area is 126 Å². The van der Waals surface area contributed by atoms with Crippen molar-refractivity contribution in [2.75, 3.05) is 6.54 Å². The number of aromatic nitrogens is 2. The van der Waals surface area contributed by atoms with Gasteiger partial charge in [-0.15, -0.1) is 0 Å². The van der Waals surface area contributed by atoms with Crippen molar-refractivity contribution in [3.63, 3.8) is 0 Å². The lowest BCUT2D eigenvalue weighted by molar-refractivity contribution is 0.166. The highest BCUT2D eigenvalue weighted by Gasteiger charge is 2.33. The molecule has 3 rings (SSSR count). The maximum Gasteiger partial charge on any atom is 0.243 e. The number of aliphatic hydroxyl groups excluding tert-OH is 1. The van der Waals surface area contributed by atoms with Crippen molar-refractivity contribution in [3.8, 4) is 0 Å². The molecule has 2 heterocycles. The summed E-state index contributed by atoms with van der Waals surface area (Å²) in [7, 11) is 0. The quantitative estimate of drug-likeness (QED) is 0.877. The van der Waals surface area contributed by atoms with Crippen LogP contribution >= 0.6 is 0 Å². The second-order valence-corrected chi connectivity index (χ2v) is 7.76. The molecular weight excluding hydrogens is 266 g/mol. The molecule has 2 fully saturated rings. The van der Waals surface area contributed by atoms with Crippen LogP contribution < -0.4 is 5.32 Å². The summed E-state index contributed by atoms with van der Waals surface area (Å²) in [6.45, 7) is 7.61. The summed E-state index contributed by atoms with van der Waals surface area (Å²) < 4.78 is 5.41. The molecule has 1 aliphatic carbocycles. The van der Waals surface area contributed by atoms with Crippen molar-refractivity contribution in [2.45, 2.75) is 70.9 Å². The monoisotopic (exact) mass is 293 g/mol. The molecule has 21 heavy (non-hydrogen) atoms. The Morgan fingerprint density at radius 1 is 1.19 bits per heavy atom. The lowest BCUT2D eigenvalue weighted by Gasteiger charge is -2.36. The first-order chi connectivity index (χ1) is 9.93. The molecule has 5 nitrogen and oxygen atoms in total. The van der Waals surface area contributed by atoms with E-state index >= 15 is 0 Å². The molecule has 0 aromatic carbocycles. The van der Waals surface area contributed by atoms with Gasteiger partial charge in [-0.3, -0.25) is 0 Å². The highest BCUT2D eigenvalue weighted by Crippen LogP contribution is 2.42. The molecule has 2 aliphatic rings. The lowest BCUT2D eigenvalue weighted by atomic mass is 9.70. The fourth-order valence-corrected chi connectivity index (χ4v) is 3.68. The van der Waals surface area contributed by atoms with Crippen LogP contribution in [-0.2, 0) is 0 Å². The average molecular weight is 293 g/mol. The number of aliphatic hydroxyl groups is 1. The molecular formula is C16H27N3O2. The number of β-amino-alcohol motifs (C(OH)–C–C–N with tert-alkyl or cyclic N) is 1. The smallest absolute Gasteiger partial charge is 0.243 e. The maximum atomic E-state index is 9.57. The molecule has 1 saturated heterocycles. The second-order valence-electron chi connectivity index (χ2n) is 7.76. The minimum Gasteiger partial charge on any atom is -0.392 e. The Hall–Kier alpha value is -0.940. The van der Waals surface area contributed by atoms with Crippen LogP contribution in [0, 0.1) is 11.3 Å². The van der Waals surface area contributed by atoms with Crippen LogP contribution in [0.15, 0.2) is 4.52 Å². The molecule has 1 saturated carbocycles. The van der Waals surface area contributed by atoms with Gasteiger partial charge >= 0.3 is 0 Å². The zero-order valence-corrected chi connectivity index (χ0v) is 13.3. The van der Waals surface area contributed by atoms with E-state index < -0.39 is 0 Å². The van der Waals surface area contributed by atoms with Crippen LogP contribution in [0.1, 0.15) is 76.6 Å². The Bertz CT molecular complexity index is 472. The SMILES string of the molecule is CC(C)(C)C1CCC(c2noc([C@@H]3C[C@H](O)CN3)n2)CC1. The number of hydrogen-bond acceptors (Lipinski definition) is 5. The molecule has 5 heteroatoms. The van der Waals surface area contributed by atoms with E-state index in [4.69, 9.17) is 4.52 Å². The third-order valence-electron chi connectivity index (χ3n) is 5.18. The third-order valence-corrected chi connectivity index (χ3v) is 5.18. The zero-order chi connectivity index (χ0) is 15.0. The van der Waals surface area contributed by atoms with Gasteiger partial charge in [-0.2, -0.15) is 4.98 Å². The van der Waals surface area contributed by atoms with Crippen molar-refractivity contribution in [3.05, 3.63) is 11.7 Å². The van der Waals surface area contributed by atoms with Crippen LogP contribution in [0.5, 0.6) is 0 Å². The molecule has 0 spiro atoms. The van der Waals surface area contributed by atoms with Crippen LogP contribution in [0.2, 0.25) is 0 Å². The standard InChI is InChI=1S/C16H27N3O2/c1-16(2,3)11-6-4-10(5-7-11)14-18-15(21-19-14)13-8-12(20)9-17-13/h10-13,17,20H,4-9H2,1-3H3/t10?,11?,12-,13-/m0/s1. The maximum absolute atomic E-state index is 9.57. The van der Waals surface area contributed by atoms with Gasteiger partial charge in [0.2, 0.25) is 5.89 Å². The van der Waals surface area contributed by atoms with Gasteiger partial charge in [0.05, 0.1) is 12.1 Å². The van der Waals surface area contributed by atoms with Crippen molar-refractivity contribution < 1.29 is 9.63 Å². The molecule has 0 radical (unpaired) electrons. The molecule has 118 valence electrons. The highest BCUT2D eigenvalue weighted by molar-refractivity contribution is 5.02. The highest BCUT2D eigenvalue weighted by atomic mass is 16.5. The van der Waals surface area contributed by atoms with Gasteiger partial charge in [0.15, 0.2) is 5.82 Å². The predicted octanol–water partition coefficient (Wildman–Crippen LogP) is 2.78. The van der Waals surface area contributed by atoms with Crippen LogP contribution in [0.3, 0.4) is 0 Å². The van der Waals surface area contributed by atoms with E-state index in [1.165, 1.54) is 12.8 Å². The zero-order valence-electron chi connectivity index (χ0n) is 13.3. The van der Waals surface area contributed by atoms with E-state index in [0.29, 0.717) is 30.2 Å². The third kappa shape index (κ3) is 3.29. The minimum absolute atomic E-state index is 0.0205. The summed E-state index contributed by atoms with van der Waals surface area (Å²) in [5.74, 6) is 2.74. The summed E-state index contributed by atoms with van der Waals surface area (Å²) in [4.78, 5) is 4.59. The fourth-order valence-electron chi connectivity index (χ4n) is 3.68. The summed E-state index contributed by atoms with van der Waals surface area (Å²) >= 11 is 0. The van der Waals surface area contributed by atoms with E-state index in [9.17, 15) is 5.11 Å². The van der Waals surface area contributed by atoms with Gasteiger partial charge in [0, 0.05) is 12.5 Å². The number of nitrogens with zero attached hydrogens (tertiary/aromatic N) is 2. The molecule has 1 aromatic rings. The first-order valence-electron chi connectivity index (χ1n) is 8.18. The lowest BCUT2D eigenvalue weighted by Crippen LogP contribution is -2.25. The molecule has 2 atom stereocenters. The second kappa shape index (κ2) is 5.69. The summed E-state index contributed by atoms with van der Waals surface area (Å²) in [6, 6.07) is 0.0205. The van der Waals surface area contributed by atoms with Crippen molar-refractivity contribution in [2.24, 2.45) is 11.3 Å². The van der Waals surface area contributed by atoms with E-state index in [0.717, 1.165) is 24.6 Å². The molecule has 2 N–H and O–H groups in total. The predicted molar refractivity (Wildman–Crippen MR) is 79.8 cm³/mol. The van der Waals surface area contributed by atoms with E-state index in [1.807, 2.05) is 0 Å². The van der Waals surface area contributed by atoms with Gasteiger partial charge < -0.3 is 14.9 Å². The molecule has 0 unspecified atom stereocenters. The molecule has 0 bridgehead atoms. The topological polar surface area (TPSA) is 71.2 Å². The van der Waals surface area contributed by atoms with Crippen LogP contribution in [0.25, 0.3) is 0 Å². The van der Waals surface area contributed by atoms with Gasteiger partial charge in [-0.05, 0) is 43.4 Å². The molecule has 1 aromatic heterocycles. The Kier molecular flexibility index (Phi) is 4.06. The van der Waals surface area contributed by atoms with Crippen LogP contribution in [-0.4, -0.2) is 27.9 Å². The summed E-state index contributed by atoms with van der Waals surface area (Å²) in [5.41, 5.74) is 0.400. The minimum atomic E-state index is -0.299. The Balaban J connectivity index is 1.60. The molecule has 0 amide bonds. The van der Waals surface area contributed by atoms with E-state index in [-0.39, 0.29) is 12.1 Å². The average Bonchev–Trinajstić information content (AvgIpc) is 3.06. The van der Waals surface area contributed by atoms with E-state index in [2.05, 4.69) is 36.2 Å². The van der Waals surface area contributed by atoms with Crippen molar-refractivity contribution in [1.82, 2.24) is 15.5 Å². The van der Waals surface area contributed by atoms with Gasteiger partial charge in [-0.25, -0.2) is 0 Å². The van der Waals surface area contributed by atoms with E-state index in [1.54, 1.807) is 0 Å². The number of rotatable bonds is 2. The summed E-state index contributed by atoms with van der Waals surface area (Å²) in [6.07, 6.45) is 5.17. The van der Waals surface area contributed by atoms with Gasteiger partial charge in [0.1, 0.15) is 0 Å². The Morgan fingerprint density at radius 3 is 2.48 bits per heavy atom. The largest absolute Gasteiger partial charge is 0.392 e. The Morgan fingerprint density at radius 2 is 1.90 bits per heavy atom. The number of nitrogens with one attached hydrogen (secondary N) is 1. The van der Waals surface area contributed by atoms with Crippen molar-refractivity contribution >= 4 is 0 Å². The first kappa shape index (κ1) is 15.0. The van der Waals surface area contributed by atoms with Crippen LogP contribution in [0.4, 0.5) is 0 Å². The first-order valence-corrected chi connectivity index (χ1v) is 8.18. The normalized spacial score (nSPS) is 34.3. The fraction of sp³-hybridized carbons (Fsp3) is 0.875. The number of hydrogen-bond donors (Lipinski definition) is 2. The van der Waals surface area contributed by atoms with Gasteiger partial charge in [-0.1, -0.05) is 25.9 Å². The van der Waals surface area contributed by atoms with Gasteiger partial charge in [0.25, 0.3) is 0 Å². The summed E-state index contributed by atoms with van der Waals surface area (Å²) in [5, 5.41) is 17.0.